The number of benzene rings is 2. The number of aromatic nitrogens is 2. The highest BCUT2D eigenvalue weighted by Crippen LogP contribution is 2.49. The average Bonchev–Trinajstić information content (AvgIpc) is 3.75. The SMILES string of the molecule is CCCNCCc1ccc(-c2cc3nccc(Oc4ccc(CC(=O)C5(C(=O)Cc6ccc(C)cc6)CC5)cc4F)c3s2)nc1. The summed E-state index contributed by atoms with van der Waals surface area (Å²) in [7, 11) is 0. The highest BCUT2D eigenvalue weighted by Gasteiger charge is 2.54. The van der Waals surface area contributed by atoms with Gasteiger partial charge in [-0.3, -0.25) is 19.6 Å². The number of nitrogens with zero attached hydrogens (tertiary/aromatic N) is 2. The fourth-order valence-corrected chi connectivity index (χ4v) is 6.53. The number of thiophene rings is 1. The molecule has 1 saturated carbocycles. The monoisotopic (exact) mass is 621 g/mol. The lowest BCUT2D eigenvalue weighted by atomic mass is 9.87. The summed E-state index contributed by atoms with van der Waals surface area (Å²) in [5, 5.41) is 3.41. The number of rotatable bonds is 14. The predicted octanol–water partition coefficient (Wildman–Crippen LogP) is 7.84. The second-order valence-electron chi connectivity index (χ2n) is 11.8. The van der Waals surface area contributed by atoms with Crippen molar-refractivity contribution in [1.82, 2.24) is 15.3 Å². The van der Waals surface area contributed by atoms with Gasteiger partial charge in [0.1, 0.15) is 5.75 Å². The topological polar surface area (TPSA) is 81.2 Å². The zero-order chi connectivity index (χ0) is 31.4. The molecular weight excluding hydrogens is 585 g/mol. The number of Topliss-reactive ketones (excluding diaryl/α,β-unsaturated/α-hetero) is 2. The Labute approximate surface area is 266 Å². The van der Waals surface area contributed by atoms with E-state index in [1.807, 2.05) is 49.5 Å². The molecule has 0 spiro atoms. The van der Waals surface area contributed by atoms with E-state index in [1.54, 1.807) is 24.4 Å². The van der Waals surface area contributed by atoms with Crippen LogP contribution in [-0.4, -0.2) is 34.6 Å². The highest BCUT2D eigenvalue weighted by molar-refractivity contribution is 7.22. The summed E-state index contributed by atoms with van der Waals surface area (Å²) in [5.41, 5.74) is 4.36. The van der Waals surface area contributed by atoms with Gasteiger partial charge in [0.05, 0.1) is 26.2 Å². The molecule has 0 atom stereocenters. The van der Waals surface area contributed by atoms with Crippen LogP contribution in [0.2, 0.25) is 0 Å². The lowest BCUT2D eigenvalue weighted by Crippen LogP contribution is -2.28. The number of carbonyl (C=O) groups is 2. The predicted molar refractivity (Wildman–Crippen MR) is 176 cm³/mol. The van der Waals surface area contributed by atoms with Crippen molar-refractivity contribution in [2.24, 2.45) is 5.41 Å². The van der Waals surface area contributed by atoms with Crippen molar-refractivity contribution in [1.29, 1.82) is 0 Å². The van der Waals surface area contributed by atoms with Gasteiger partial charge in [-0.15, -0.1) is 11.3 Å². The van der Waals surface area contributed by atoms with Crippen LogP contribution in [0.15, 0.2) is 79.1 Å². The third kappa shape index (κ3) is 7.02. The molecule has 1 aliphatic carbocycles. The van der Waals surface area contributed by atoms with Crippen molar-refractivity contribution in [2.45, 2.75) is 52.4 Å². The van der Waals surface area contributed by atoms with Gasteiger partial charge in [0.15, 0.2) is 23.1 Å². The number of aryl methyl sites for hydroxylation is 1. The molecule has 1 N–H and O–H groups in total. The Hall–Kier alpha value is -4.27. The highest BCUT2D eigenvalue weighted by atomic mass is 32.1. The van der Waals surface area contributed by atoms with Crippen LogP contribution >= 0.6 is 11.3 Å². The smallest absolute Gasteiger partial charge is 0.166 e. The van der Waals surface area contributed by atoms with Crippen molar-refractivity contribution in [2.75, 3.05) is 13.1 Å². The van der Waals surface area contributed by atoms with E-state index < -0.39 is 11.2 Å². The molecule has 6 rings (SSSR count). The summed E-state index contributed by atoms with van der Waals surface area (Å²) in [6.07, 6.45) is 6.93. The summed E-state index contributed by atoms with van der Waals surface area (Å²) >= 11 is 1.50. The molecule has 8 heteroatoms. The third-order valence-electron chi connectivity index (χ3n) is 8.35. The molecule has 0 aliphatic heterocycles. The van der Waals surface area contributed by atoms with Crippen LogP contribution in [0.4, 0.5) is 4.39 Å². The van der Waals surface area contributed by atoms with Crippen LogP contribution < -0.4 is 10.1 Å². The Bertz CT molecular complexity index is 1830. The number of hydrogen-bond donors (Lipinski definition) is 1. The normalized spacial score (nSPS) is 13.6. The van der Waals surface area contributed by atoms with Gasteiger partial charge in [-0.1, -0.05) is 48.9 Å². The van der Waals surface area contributed by atoms with Crippen LogP contribution in [0.5, 0.6) is 11.5 Å². The summed E-state index contributed by atoms with van der Waals surface area (Å²) in [6.45, 7) is 6.08. The standard InChI is InChI=1S/C37H36FN3O3S/c1-3-16-39-17-12-26-8-10-29(41-23-26)33-22-30-36(45-33)32(13-18-40-30)44-31-11-9-27(19-28(31)38)21-35(43)37(14-15-37)34(42)20-25-6-4-24(2)5-7-25/h4-11,13,18-19,22-23,39H,3,12,14-17,20-21H2,1-2H3. The molecule has 1 fully saturated rings. The molecule has 2 aromatic carbocycles. The number of hydrogen-bond acceptors (Lipinski definition) is 7. The van der Waals surface area contributed by atoms with E-state index in [4.69, 9.17) is 4.74 Å². The first kappa shape index (κ1) is 30.7. The van der Waals surface area contributed by atoms with E-state index in [0.717, 1.165) is 57.8 Å². The Morgan fingerprint density at radius 3 is 2.31 bits per heavy atom. The molecule has 0 bridgehead atoms. The van der Waals surface area contributed by atoms with Crippen LogP contribution in [0.25, 0.3) is 20.8 Å². The van der Waals surface area contributed by atoms with Crippen molar-refractivity contribution in [3.8, 4) is 22.1 Å². The third-order valence-corrected chi connectivity index (χ3v) is 9.52. The maximum atomic E-state index is 15.3. The van der Waals surface area contributed by atoms with Gasteiger partial charge in [0, 0.05) is 31.3 Å². The molecule has 0 unspecified atom stereocenters. The fourth-order valence-electron chi connectivity index (χ4n) is 5.48. The molecule has 0 radical (unpaired) electrons. The first-order valence-corrected chi connectivity index (χ1v) is 16.3. The number of fused-ring (bicyclic) bond motifs is 1. The molecule has 45 heavy (non-hydrogen) atoms. The minimum atomic E-state index is -0.947. The van der Waals surface area contributed by atoms with Crippen LogP contribution in [-0.2, 0) is 28.9 Å². The molecular formula is C37H36FN3O3S. The van der Waals surface area contributed by atoms with Crippen molar-refractivity contribution in [3.05, 3.63) is 107 Å². The van der Waals surface area contributed by atoms with Gasteiger partial charge in [0.2, 0.25) is 0 Å². The largest absolute Gasteiger partial charge is 0.453 e. The van der Waals surface area contributed by atoms with E-state index in [0.29, 0.717) is 24.2 Å². The molecule has 5 aromatic rings. The molecule has 230 valence electrons. The van der Waals surface area contributed by atoms with E-state index in [-0.39, 0.29) is 30.2 Å². The zero-order valence-corrected chi connectivity index (χ0v) is 26.4. The molecule has 6 nitrogen and oxygen atoms in total. The van der Waals surface area contributed by atoms with Gasteiger partial charge >= 0.3 is 0 Å². The fraction of sp³-hybridized carbons (Fsp3) is 0.297. The maximum Gasteiger partial charge on any atom is 0.166 e. The number of ether oxygens (including phenoxy) is 1. The zero-order valence-electron chi connectivity index (χ0n) is 25.6. The lowest BCUT2D eigenvalue weighted by molar-refractivity contribution is -0.133. The van der Waals surface area contributed by atoms with E-state index in [1.165, 1.54) is 23.0 Å². The van der Waals surface area contributed by atoms with Crippen molar-refractivity contribution >= 4 is 33.1 Å². The lowest BCUT2D eigenvalue weighted by Gasteiger charge is -2.14. The molecule has 0 saturated heterocycles. The number of nitrogens with one attached hydrogen (secondary N) is 1. The quantitative estimate of drug-likeness (QED) is 0.101. The first-order valence-electron chi connectivity index (χ1n) is 15.5. The molecule has 3 aromatic heterocycles. The van der Waals surface area contributed by atoms with Crippen LogP contribution in [0.3, 0.4) is 0 Å². The average molecular weight is 622 g/mol. The number of ketones is 2. The second kappa shape index (κ2) is 13.4. The number of carbonyl (C=O) groups excluding carboxylic acids is 2. The van der Waals surface area contributed by atoms with Crippen LogP contribution in [0.1, 0.15) is 48.4 Å². The van der Waals surface area contributed by atoms with Gasteiger partial charge in [-0.25, -0.2) is 4.39 Å². The Morgan fingerprint density at radius 2 is 1.62 bits per heavy atom. The molecule has 0 amide bonds. The van der Waals surface area contributed by atoms with Crippen LogP contribution in [0, 0.1) is 18.2 Å². The second-order valence-corrected chi connectivity index (χ2v) is 12.9. The van der Waals surface area contributed by atoms with E-state index in [9.17, 15) is 9.59 Å². The number of halogens is 1. The summed E-state index contributed by atoms with van der Waals surface area (Å²) in [4.78, 5) is 36.4. The summed E-state index contributed by atoms with van der Waals surface area (Å²) in [6, 6.07) is 20.2. The first-order chi connectivity index (χ1) is 21.8. The molecule has 3 heterocycles. The number of pyridine rings is 2. The summed E-state index contributed by atoms with van der Waals surface area (Å²) < 4.78 is 22.1. The van der Waals surface area contributed by atoms with Gasteiger partial charge in [-0.2, -0.15) is 0 Å². The van der Waals surface area contributed by atoms with E-state index >= 15 is 4.39 Å². The Balaban J connectivity index is 1.12. The van der Waals surface area contributed by atoms with Gasteiger partial charge < -0.3 is 10.1 Å². The van der Waals surface area contributed by atoms with Crippen molar-refractivity contribution < 1.29 is 18.7 Å². The van der Waals surface area contributed by atoms with Gasteiger partial charge in [-0.05, 0) is 86.7 Å². The Kier molecular flexibility index (Phi) is 9.14. The minimum Gasteiger partial charge on any atom is -0.453 e. The van der Waals surface area contributed by atoms with Crippen molar-refractivity contribution in [3.63, 3.8) is 0 Å². The minimum absolute atomic E-state index is 0.00562. The Morgan fingerprint density at radius 1 is 0.889 bits per heavy atom. The van der Waals surface area contributed by atoms with Gasteiger partial charge in [0.25, 0.3) is 0 Å². The molecule has 1 aliphatic rings. The maximum absolute atomic E-state index is 15.3. The van der Waals surface area contributed by atoms with E-state index in [2.05, 4.69) is 28.3 Å². The summed E-state index contributed by atoms with van der Waals surface area (Å²) in [5.74, 6) is -0.215.